The number of hydrogen-bond acceptors (Lipinski definition) is 6. The molecule has 6 nitrogen and oxygen atoms in total. The van der Waals surface area contributed by atoms with Crippen LogP contribution in [0.2, 0.25) is 0 Å². The van der Waals surface area contributed by atoms with E-state index in [1.54, 1.807) is 30.0 Å². The molecule has 0 aromatic heterocycles. The molecule has 0 bridgehead atoms. The minimum atomic E-state index is -0.545. The van der Waals surface area contributed by atoms with Crippen molar-refractivity contribution in [2.75, 3.05) is 28.4 Å². The van der Waals surface area contributed by atoms with E-state index in [0.29, 0.717) is 29.8 Å². The fourth-order valence-electron chi connectivity index (χ4n) is 3.32. The van der Waals surface area contributed by atoms with Crippen molar-refractivity contribution in [1.82, 2.24) is 5.32 Å². The van der Waals surface area contributed by atoms with Gasteiger partial charge < -0.3 is 16.0 Å². The Morgan fingerprint density at radius 2 is 2.14 bits per heavy atom. The summed E-state index contributed by atoms with van der Waals surface area (Å²) in [4.78, 5) is 37.2. The summed E-state index contributed by atoms with van der Waals surface area (Å²) in [6.45, 7) is 0. The van der Waals surface area contributed by atoms with Crippen molar-refractivity contribution in [3.05, 3.63) is 23.8 Å². The predicted octanol–water partition coefficient (Wildman–Crippen LogP) is 4.14. The number of nitrogens with one attached hydrogen (secondary N) is 3. The van der Waals surface area contributed by atoms with E-state index in [-0.39, 0.29) is 17.7 Å². The molecule has 0 spiro atoms. The maximum absolute atomic E-state index is 12.6. The smallest absolute Gasteiger partial charge is 0.254 e. The molecule has 3 amide bonds. The van der Waals surface area contributed by atoms with Crippen LogP contribution in [0.5, 0.6) is 0 Å². The molecule has 2 aliphatic heterocycles. The van der Waals surface area contributed by atoms with E-state index < -0.39 is 6.04 Å². The number of amides is 3. The summed E-state index contributed by atoms with van der Waals surface area (Å²) < 4.78 is 0. The normalized spacial score (nSPS) is 21.1. The lowest BCUT2D eigenvalue weighted by molar-refractivity contribution is -0.118. The van der Waals surface area contributed by atoms with Crippen LogP contribution in [0.15, 0.2) is 18.2 Å². The zero-order valence-electron chi connectivity index (χ0n) is 16.5. The van der Waals surface area contributed by atoms with E-state index >= 15 is 0 Å². The fraction of sp³-hybridized carbons (Fsp3) is 0.550. The van der Waals surface area contributed by atoms with Gasteiger partial charge in [-0.3, -0.25) is 14.4 Å². The highest BCUT2D eigenvalue weighted by Gasteiger charge is 2.27. The SMILES string of the molecule is CSCCC1NC(=O)c2cc(NC(=O)CCCC[C@H]3CCSS3)ccc2NC1=O. The first-order chi connectivity index (χ1) is 14.1. The maximum atomic E-state index is 12.6. The molecule has 1 saturated heterocycles. The van der Waals surface area contributed by atoms with Gasteiger partial charge >= 0.3 is 0 Å². The number of benzene rings is 1. The Bertz CT molecular complexity index is 754. The van der Waals surface area contributed by atoms with Gasteiger partial charge in [0, 0.05) is 23.1 Å². The first-order valence-electron chi connectivity index (χ1n) is 9.89. The van der Waals surface area contributed by atoms with E-state index in [4.69, 9.17) is 0 Å². The molecular formula is C20H27N3O3S3. The van der Waals surface area contributed by atoms with Crippen LogP contribution in [0.3, 0.4) is 0 Å². The molecule has 3 rings (SSSR count). The topological polar surface area (TPSA) is 87.3 Å². The molecule has 0 radical (unpaired) electrons. The van der Waals surface area contributed by atoms with Crippen LogP contribution in [-0.2, 0) is 9.59 Å². The van der Waals surface area contributed by atoms with Gasteiger partial charge in [-0.05, 0) is 55.9 Å². The van der Waals surface area contributed by atoms with Gasteiger partial charge in [0.05, 0.1) is 11.3 Å². The zero-order valence-corrected chi connectivity index (χ0v) is 18.9. The molecule has 1 fully saturated rings. The third-order valence-corrected chi connectivity index (χ3v) is 8.60. The molecular weight excluding hydrogens is 426 g/mol. The Morgan fingerprint density at radius 3 is 2.90 bits per heavy atom. The Hall–Kier alpha value is -1.32. The third-order valence-electron chi connectivity index (χ3n) is 4.95. The van der Waals surface area contributed by atoms with Gasteiger partial charge in [-0.15, -0.1) is 0 Å². The van der Waals surface area contributed by atoms with Gasteiger partial charge in [0.2, 0.25) is 11.8 Å². The first kappa shape index (κ1) is 22.4. The molecule has 9 heteroatoms. The van der Waals surface area contributed by atoms with Crippen molar-refractivity contribution < 1.29 is 14.4 Å². The molecule has 1 unspecified atom stereocenters. The Balaban J connectivity index is 1.52. The van der Waals surface area contributed by atoms with Crippen molar-refractivity contribution in [1.29, 1.82) is 0 Å². The van der Waals surface area contributed by atoms with Crippen LogP contribution in [-0.4, -0.2) is 46.8 Å². The lowest BCUT2D eigenvalue weighted by atomic mass is 10.1. The van der Waals surface area contributed by atoms with Crippen LogP contribution in [0, 0.1) is 0 Å². The minimum absolute atomic E-state index is 0.0469. The van der Waals surface area contributed by atoms with E-state index in [2.05, 4.69) is 16.0 Å². The summed E-state index contributed by atoms with van der Waals surface area (Å²) >= 11 is 1.63. The number of thioether (sulfide) groups is 1. The Labute approximate surface area is 183 Å². The molecule has 1 aromatic rings. The second-order valence-corrected chi connectivity index (χ2v) is 11.0. The highest BCUT2D eigenvalue weighted by atomic mass is 33.1. The Kier molecular flexibility index (Phi) is 8.62. The number of rotatable bonds is 9. The number of carbonyl (C=O) groups is 3. The summed E-state index contributed by atoms with van der Waals surface area (Å²) in [5.74, 6) is 1.47. The first-order valence-corrected chi connectivity index (χ1v) is 13.7. The minimum Gasteiger partial charge on any atom is -0.340 e. The van der Waals surface area contributed by atoms with Crippen molar-refractivity contribution >= 4 is 62.4 Å². The fourth-order valence-corrected chi connectivity index (χ4v) is 6.82. The van der Waals surface area contributed by atoms with Crippen molar-refractivity contribution in [2.45, 2.75) is 49.8 Å². The van der Waals surface area contributed by atoms with Crippen LogP contribution >= 0.6 is 33.3 Å². The molecule has 29 heavy (non-hydrogen) atoms. The largest absolute Gasteiger partial charge is 0.340 e. The summed E-state index contributed by atoms with van der Waals surface area (Å²) in [5.41, 5.74) is 1.42. The second kappa shape index (κ2) is 11.2. The van der Waals surface area contributed by atoms with Gasteiger partial charge in [0.25, 0.3) is 5.91 Å². The molecule has 1 aromatic carbocycles. The number of fused-ring (bicyclic) bond motifs is 1. The molecule has 158 valence electrons. The summed E-state index contributed by atoms with van der Waals surface area (Å²) in [6.07, 6.45) is 7.38. The van der Waals surface area contributed by atoms with Gasteiger partial charge in [0.1, 0.15) is 6.04 Å². The summed E-state index contributed by atoms with van der Waals surface area (Å²) in [5, 5.41) is 9.21. The number of hydrogen-bond donors (Lipinski definition) is 3. The van der Waals surface area contributed by atoms with Crippen LogP contribution in [0.25, 0.3) is 0 Å². The molecule has 2 aliphatic rings. The molecule has 0 saturated carbocycles. The Morgan fingerprint density at radius 1 is 1.28 bits per heavy atom. The predicted molar refractivity (Wildman–Crippen MR) is 125 cm³/mol. The van der Waals surface area contributed by atoms with Gasteiger partial charge in [-0.2, -0.15) is 11.8 Å². The number of anilines is 2. The number of unbranched alkanes of at least 4 members (excludes halogenated alkanes) is 1. The van der Waals surface area contributed by atoms with Crippen LogP contribution in [0.4, 0.5) is 11.4 Å². The van der Waals surface area contributed by atoms with E-state index in [1.165, 1.54) is 18.6 Å². The lowest BCUT2D eigenvalue weighted by Gasteiger charge is -2.13. The van der Waals surface area contributed by atoms with E-state index in [9.17, 15) is 14.4 Å². The molecule has 3 N–H and O–H groups in total. The van der Waals surface area contributed by atoms with E-state index in [1.807, 2.05) is 27.8 Å². The second-order valence-electron chi connectivity index (χ2n) is 7.18. The highest BCUT2D eigenvalue weighted by molar-refractivity contribution is 8.77. The monoisotopic (exact) mass is 453 g/mol. The quantitative estimate of drug-likeness (QED) is 0.385. The van der Waals surface area contributed by atoms with Crippen LogP contribution in [0.1, 0.15) is 48.9 Å². The van der Waals surface area contributed by atoms with Crippen molar-refractivity contribution in [3.8, 4) is 0 Å². The van der Waals surface area contributed by atoms with E-state index in [0.717, 1.165) is 23.8 Å². The standard InChI is InChI=1S/C20H27N3O3S3/c1-27-10-9-17-20(26)22-16-7-6-13(12-15(16)19(25)23-17)21-18(24)5-3-2-4-14-8-11-28-29-14/h6-7,12,14,17H,2-5,8-11H2,1H3,(H,21,24)(H,22,26)(H,23,25)/t14-,17?/m0/s1. The summed E-state index contributed by atoms with van der Waals surface area (Å²) in [6, 6.07) is 4.48. The third kappa shape index (κ3) is 6.58. The average molecular weight is 454 g/mol. The summed E-state index contributed by atoms with van der Waals surface area (Å²) in [7, 11) is 3.91. The zero-order chi connectivity index (χ0) is 20.6. The van der Waals surface area contributed by atoms with Crippen molar-refractivity contribution in [2.24, 2.45) is 0 Å². The van der Waals surface area contributed by atoms with Crippen LogP contribution < -0.4 is 16.0 Å². The van der Waals surface area contributed by atoms with Gasteiger partial charge in [0.15, 0.2) is 0 Å². The van der Waals surface area contributed by atoms with Crippen molar-refractivity contribution in [3.63, 3.8) is 0 Å². The molecule has 0 aliphatic carbocycles. The lowest BCUT2D eigenvalue weighted by Crippen LogP contribution is -2.41. The number of carbonyl (C=O) groups excluding carboxylic acids is 3. The highest BCUT2D eigenvalue weighted by Crippen LogP contribution is 2.39. The maximum Gasteiger partial charge on any atom is 0.254 e. The van der Waals surface area contributed by atoms with Gasteiger partial charge in [-0.25, -0.2) is 0 Å². The molecule has 2 atom stereocenters. The van der Waals surface area contributed by atoms with Gasteiger partial charge in [-0.1, -0.05) is 28.0 Å². The molecule has 2 heterocycles. The average Bonchev–Trinajstić information content (AvgIpc) is 3.19.